The molecule has 0 fully saturated rings. The number of rotatable bonds is 11. The zero-order chi connectivity index (χ0) is 45.4. The Balaban J connectivity index is 0.000000235. The van der Waals surface area contributed by atoms with Crippen molar-refractivity contribution in [2.45, 2.75) is 18.5 Å². The quantitative estimate of drug-likeness (QED) is 0.0925. The Morgan fingerprint density at radius 2 is 1.06 bits per heavy atom. The Bertz CT molecular complexity index is 2730. The number of carbonyl (C=O) groups is 2. The highest BCUT2D eigenvalue weighted by atomic mass is 19.4. The lowest BCUT2D eigenvalue weighted by atomic mass is 10.1. The van der Waals surface area contributed by atoms with Crippen LogP contribution in [0.25, 0.3) is 28.9 Å². The summed E-state index contributed by atoms with van der Waals surface area (Å²) in [5.41, 5.74) is 8.50. The number of alkyl halides is 6. The normalized spacial score (nSPS) is 11.5. The molecule has 0 saturated carbocycles. The summed E-state index contributed by atoms with van der Waals surface area (Å²) in [6.07, 6.45) is -9.30. The number of aromatic nitrogens is 4. The SMILES string of the molecule is C=Cc1cc(C(N)=O)nc(-c2ccc(Oc3ccc(C#N)c(C(F)(F)F)c3)cc2)n1.N#Cc1ccc(Oc2ccc(-c3nc(C(N)=O)cc([C@@H](O)CO)n3)cc2)cc1C(F)(F)F. The largest absolute Gasteiger partial charge is 0.457 e. The molecule has 0 aliphatic heterocycles. The fourth-order valence-corrected chi connectivity index (χ4v) is 5.27. The molecule has 0 spiro atoms. The summed E-state index contributed by atoms with van der Waals surface area (Å²) < 4.78 is 89.5. The van der Waals surface area contributed by atoms with E-state index in [2.05, 4.69) is 26.5 Å². The van der Waals surface area contributed by atoms with Crippen LogP contribution < -0.4 is 20.9 Å². The number of nitriles is 2. The van der Waals surface area contributed by atoms with Crippen LogP contribution >= 0.6 is 0 Å². The lowest BCUT2D eigenvalue weighted by molar-refractivity contribution is -0.138. The van der Waals surface area contributed by atoms with Crippen molar-refractivity contribution in [1.82, 2.24) is 19.9 Å². The number of hydrogen-bond donors (Lipinski definition) is 4. The van der Waals surface area contributed by atoms with Crippen molar-refractivity contribution in [2.75, 3.05) is 6.61 Å². The molecule has 2 amide bonds. The lowest BCUT2D eigenvalue weighted by Crippen LogP contribution is -2.16. The van der Waals surface area contributed by atoms with E-state index in [9.17, 15) is 41.0 Å². The molecule has 0 radical (unpaired) electrons. The van der Waals surface area contributed by atoms with Crippen molar-refractivity contribution in [2.24, 2.45) is 11.5 Å². The summed E-state index contributed by atoms with van der Waals surface area (Å²) in [4.78, 5) is 39.4. The summed E-state index contributed by atoms with van der Waals surface area (Å²) in [7, 11) is 0. The van der Waals surface area contributed by atoms with Crippen molar-refractivity contribution >= 4 is 17.9 Å². The number of nitrogens with two attached hydrogens (primary N) is 2. The van der Waals surface area contributed by atoms with Crippen LogP contribution in [0.2, 0.25) is 0 Å². The average molecular weight is 855 g/mol. The van der Waals surface area contributed by atoms with E-state index in [-0.39, 0.29) is 51.7 Å². The first kappa shape index (κ1) is 44.9. The molecule has 4 aromatic carbocycles. The molecular weight excluding hydrogens is 826 g/mol. The predicted octanol–water partition coefficient (Wildman–Crippen LogP) is 7.52. The summed E-state index contributed by atoms with van der Waals surface area (Å²) in [5.74, 6) is -1.07. The summed E-state index contributed by atoms with van der Waals surface area (Å²) in [6, 6.07) is 23.7. The molecular formula is C42H28F6N8O6. The van der Waals surface area contributed by atoms with E-state index in [0.29, 0.717) is 16.8 Å². The highest BCUT2D eigenvalue weighted by molar-refractivity contribution is 5.92. The van der Waals surface area contributed by atoms with Gasteiger partial charge in [-0.15, -0.1) is 0 Å². The van der Waals surface area contributed by atoms with E-state index in [1.807, 2.05) is 0 Å². The van der Waals surface area contributed by atoms with Gasteiger partial charge >= 0.3 is 12.4 Å². The fourth-order valence-electron chi connectivity index (χ4n) is 5.27. The van der Waals surface area contributed by atoms with Crippen LogP contribution in [0.1, 0.15) is 60.7 Å². The molecule has 62 heavy (non-hydrogen) atoms. The topological polar surface area (TPSA) is 244 Å². The minimum atomic E-state index is -4.71. The highest BCUT2D eigenvalue weighted by Crippen LogP contribution is 2.37. The first-order chi connectivity index (χ1) is 29.3. The number of primary amides is 2. The van der Waals surface area contributed by atoms with E-state index >= 15 is 0 Å². The van der Waals surface area contributed by atoms with Gasteiger partial charge in [-0.05, 0) is 103 Å². The molecule has 6 N–H and O–H groups in total. The fraction of sp³-hybridized carbons (Fsp3) is 0.0952. The number of carbonyl (C=O) groups excluding carboxylic acids is 2. The first-order valence-corrected chi connectivity index (χ1v) is 17.4. The maximum absolute atomic E-state index is 13.1. The van der Waals surface area contributed by atoms with Gasteiger partial charge in [-0.2, -0.15) is 36.9 Å². The molecule has 0 saturated heterocycles. The second kappa shape index (κ2) is 18.8. The number of benzene rings is 4. The van der Waals surface area contributed by atoms with Gasteiger partial charge in [0.2, 0.25) is 0 Å². The van der Waals surface area contributed by atoms with Crippen molar-refractivity contribution in [3.63, 3.8) is 0 Å². The average Bonchev–Trinajstić information content (AvgIpc) is 3.25. The number of aliphatic hydroxyl groups is 2. The van der Waals surface area contributed by atoms with E-state index in [1.165, 1.54) is 72.8 Å². The molecule has 2 heterocycles. The van der Waals surface area contributed by atoms with Crippen molar-refractivity contribution < 1.29 is 55.6 Å². The number of ether oxygens (including phenoxy) is 2. The molecule has 0 aliphatic carbocycles. The Kier molecular flexibility index (Phi) is 13.6. The third-order valence-corrected chi connectivity index (χ3v) is 8.25. The van der Waals surface area contributed by atoms with Crippen LogP contribution in [0.15, 0.2) is 104 Å². The maximum atomic E-state index is 13.1. The standard InChI is InChI=1S/C21H15F3N4O4.C21H13F3N4O2/c22-21(23,24)15-7-14(6-3-12(15)9-25)32-13-4-1-11(2-5-13)20-27-16(18(30)10-29)8-17(28-20)19(26)31;1-2-14-9-18(19(26)29)28-20(27-14)12-3-6-15(7-4-12)30-16-8-5-13(11-25)17(10-16)21(22,23)24/h1-8,18,29-30H,10H2,(H2,26,31);2-10H,1H2,(H2,26,29)/t18-;/m0./s1. The Labute approximate surface area is 346 Å². The van der Waals surface area contributed by atoms with E-state index < -0.39 is 59.1 Å². The van der Waals surface area contributed by atoms with Gasteiger partial charge < -0.3 is 31.2 Å². The smallest absolute Gasteiger partial charge is 0.417 e. The number of nitrogens with zero attached hydrogens (tertiary/aromatic N) is 6. The molecule has 0 unspecified atom stereocenters. The minimum Gasteiger partial charge on any atom is -0.457 e. The Morgan fingerprint density at radius 3 is 1.44 bits per heavy atom. The zero-order valence-electron chi connectivity index (χ0n) is 31.4. The third-order valence-electron chi connectivity index (χ3n) is 8.25. The number of aliphatic hydroxyl groups excluding tert-OH is 2. The molecule has 14 nitrogen and oxygen atoms in total. The molecule has 0 bridgehead atoms. The van der Waals surface area contributed by atoms with E-state index in [4.69, 9.17) is 36.6 Å². The van der Waals surface area contributed by atoms with E-state index in [0.717, 1.165) is 30.3 Å². The first-order valence-electron chi connectivity index (χ1n) is 17.4. The van der Waals surface area contributed by atoms with Crippen LogP contribution in [0.3, 0.4) is 0 Å². The molecule has 0 aliphatic rings. The van der Waals surface area contributed by atoms with Gasteiger partial charge in [0.1, 0.15) is 40.5 Å². The monoisotopic (exact) mass is 854 g/mol. The lowest BCUT2D eigenvalue weighted by Gasteiger charge is -2.12. The van der Waals surface area contributed by atoms with Gasteiger partial charge in [0.05, 0.1) is 52.4 Å². The summed E-state index contributed by atoms with van der Waals surface area (Å²) >= 11 is 0. The van der Waals surface area contributed by atoms with Gasteiger partial charge in [0.25, 0.3) is 11.8 Å². The van der Waals surface area contributed by atoms with Gasteiger partial charge in [0.15, 0.2) is 11.6 Å². The van der Waals surface area contributed by atoms with Gasteiger partial charge in [-0.25, -0.2) is 19.9 Å². The van der Waals surface area contributed by atoms with Crippen molar-refractivity contribution in [3.8, 4) is 57.9 Å². The number of amides is 2. The van der Waals surface area contributed by atoms with Gasteiger partial charge in [0, 0.05) is 11.1 Å². The number of hydrogen-bond acceptors (Lipinski definition) is 12. The van der Waals surface area contributed by atoms with Crippen LogP contribution in [0.4, 0.5) is 26.3 Å². The third kappa shape index (κ3) is 11.1. The number of halogens is 6. The van der Waals surface area contributed by atoms with Crippen molar-refractivity contribution in [3.05, 3.63) is 149 Å². The second-order valence-electron chi connectivity index (χ2n) is 12.5. The van der Waals surface area contributed by atoms with Crippen LogP contribution in [-0.4, -0.2) is 48.6 Å². The van der Waals surface area contributed by atoms with Crippen LogP contribution in [0, 0.1) is 22.7 Å². The molecule has 20 heteroatoms. The maximum Gasteiger partial charge on any atom is 0.417 e. The summed E-state index contributed by atoms with van der Waals surface area (Å²) in [5, 5.41) is 36.7. The molecule has 1 atom stereocenters. The van der Waals surface area contributed by atoms with Gasteiger partial charge in [-0.1, -0.05) is 6.58 Å². The molecule has 314 valence electrons. The Morgan fingerprint density at radius 1 is 0.661 bits per heavy atom. The predicted molar refractivity (Wildman–Crippen MR) is 207 cm³/mol. The molecule has 6 aromatic rings. The van der Waals surface area contributed by atoms with Crippen LogP contribution in [0.5, 0.6) is 23.0 Å². The van der Waals surface area contributed by atoms with Crippen LogP contribution in [-0.2, 0) is 12.4 Å². The highest BCUT2D eigenvalue weighted by Gasteiger charge is 2.35. The molecule has 2 aromatic heterocycles. The zero-order valence-corrected chi connectivity index (χ0v) is 31.4. The molecule has 6 rings (SSSR count). The van der Waals surface area contributed by atoms with E-state index in [1.54, 1.807) is 12.1 Å². The Hall–Kier alpha value is -8.20. The minimum absolute atomic E-state index is 0.0103. The summed E-state index contributed by atoms with van der Waals surface area (Å²) in [6.45, 7) is 2.97. The second-order valence-corrected chi connectivity index (χ2v) is 12.5. The van der Waals surface area contributed by atoms with Crippen molar-refractivity contribution in [1.29, 1.82) is 10.5 Å². The van der Waals surface area contributed by atoms with Gasteiger partial charge in [-0.3, -0.25) is 9.59 Å².